The predicted molar refractivity (Wildman–Crippen MR) is 97.1 cm³/mol. The number of carbonyl (C=O) groups excluding carboxylic acids is 1. The molecule has 0 spiro atoms. The van der Waals surface area contributed by atoms with Gasteiger partial charge in [-0.3, -0.25) is 4.79 Å². The van der Waals surface area contributed by atoms with Gasteiger partial charge in [0.15, 0.2) is 0 Å². The number of halogens is 2. The number of thiocarbonyl (C=S) groups is 1. The van der Waals surface area contributed by atoms with E-state index in [1.54, 1.807) is 18.2 Å². The highest BCUT2D eigenvalue weighted by molar-refractivity contribution is 14.1. The van der Waals surface area contributed by atoms with E-state index in [9.17, 15) is 4.79 Å². The van der Waals surface area contributed by atoms with Crippen molar-refractivity contribution in [1.29, 1.82) is 0 Å². The lowest BCUT2D eigenvalue weighted by molar-refractivity contribution is 0.102. The van der Waals surface area contributed by atoms with Gasteiger partial charge in [-0.05, 0) is 52.9 Å². The average Bonchev–Trinajstić information content (AvgIpc) is 2.38. The maximum absolute atomic E-state index is 12.3. The van der Waals surface area contributed by atoms with Gasteiger partial charge in [0.05, 0.1) is 11.3 Å². The lowest BCUT2D eigenvalue weighted by Gasteiger charge is -2.11. The first-order valence-corrected chi connectivity index (χ1v) is 7.92. The fraction of sp³-hybridized carbons (Fsp3) is 0. The maximum Gasteiger partial charge on any atom is 0.256 e. The van der Waals surface area contributed by atoms with E-state index in [-0.39, 0.29) is 10.9 Å². The third-order valence-electron chi connectivity index (χ3n) is 2.61. The molecule has 0 radical (unpaired) electrons. The van der Waals surface area contributed by atoms with Crippen molar-refractivity contribution in [1.82, 2.24) is 0 Å². The van der Waals surface area contributed by atoms with Gasteiger partial charge in [-0.2, -0.15) is 0 Å². The van der Waals surface area contributed by atoms with Crippen LogP contribution in [-0.2, 0) is 0 Å². The second-order valence-corrected chi connectivity index (χ2v) is 6.51. The van der Waals surface area contributed by atoms with Crippen molar-refractivity contribution in [2.45, 2.75) is 0 Å². The number of amides is 1. The molecule has 0 aliphatic heterocycles. The molecule has 0 saturated heterocycles. The zero-order chi connectivity index (χ0) is 14.7. The van der Waals surface area contributed by atoms with Gasteiger partial charge in [0.1, 0.15) is 4.99 Å². The number of nitrogens with two attached hydrogens (primary N) is 1. The average molecular weight is 461 g/mol. The van der Waals surface area contributed by atoms with E-state index >= 15 is 0 Å². The maximum atomic E-state index is 12.3. The van der Waals surface area contributed by atoms with E-state index in [4.69, 9.17) is 18.0 Å². The fourth-order valence-electron chi connectivity index (χ4n) is 1.67. The highest BCUT2D eigenvalue weighted by atomic mass is 127. The van der Waals surface area contributed by atoms with E-state index in [2.05, 4.69) is 43.8 Å². The van der Waals surface area contributed by atoms with E-state index in [0.717, 1.165) is 8.04 Å². The van der Waals surface area contributed by atoms with Crippen LogP contribution in [0.1, 0.15) is 15.9 Å². The molecule has 0 bridgehead atoms. The van der Waals surface area contributed by atoms with Crippen molar-refractivity contribution in [3.8, 4) is 0 Å². The van der Waals surface area contributed by atoms with Crippen molar-refractivity contribution < 1.29 is 4.79 Å². The predicted octanol–water partition coefficient (Wildman–Crippen LogP) is 3.94. The zero-order valence-corrected chi connectivity index (χ0v) is 14.8. The molecule has 20 heavy (non-hydrogen) atoms. The van der Waals surface area contributed by atoms with Gasteiger partial charge in [-0.15, -0.1) is 0 Å². The molecule has 0 unspecified atom stereocenters. The molecule has 2 rings (SSSR count). The number of hydrogen-bond acceptors (Lipinski definition) is 2. The van der Waals surface area contributed by atoms with E-state index < -0.39 is 0 Å². The van der Waals surface area contributed by atoms with E-state index in [1.807, 2.05) is 24.3 Å². The van der Waals surface area contributed by atoms with Gasteiger partial charge in [0.25, 0.3) is 5.91 Å². The summed E-state index contributed by atoms with van der Waals surface area (Å²) in [5.74, 6) is -0.189. The molecule has 0 atom stereocenters. The Hall–Kier alpha value is -0.990. The summed E-state index contributed by atoms with van der Waals surface area (Å²) in [6, 6.07) is 12.8. The van der Waals surface area contributed by atoms with Crippen LogP contribution in [0.2, 0.25) is 0 Å². The van der Waals surface area contributed by atoms with Gasteiger partial charge in [0, 0.05) is 13.6 Å². The third kappa shape index (κ3) is 3.56. The van der Waals surface area contributed by atoms with Crippen LogP contribution >= 0.6 is 50.7 Å². The van der Waals surface area contributed by atoms with Crippen LogP contribution in [0.4, 0.5) is 5.69 Å². The molecule has 0 aliphatic rings. The van der Waals surface area contributed by atoms with E-state index in [0.29, 0.717) is 16.8 Å². The summed E-state index contributed by atoms with van der Waals surface area (Å²) in [6.45, 7) is 0. The number of benzene rings is 2. The number of hydrogen-bond donors (Lipinski definition) is 2. The topological polar surface area (TPSA) is 55.1 Å². The molecule has 6 heteroatoms. The lowest BCUT2D eigenvalue weighted by Crippen LogP contribution is -2.18. The molecule has 0 heterocycles. The smallest absolute Gasteiger partial charge is 0.256 e. The Kier molecular flexibility index (Phi) is 5.11. The molecule has 0 aliphatic carbocycles. The number of carbonyl (C=O) groups is 1. The number of anilines is 1. The van der Waals surface area contributed by atoms with Crippen LogP contribution in [0.15, 0.2) is 46.9 Å². The quantitative estimate of drug-likeness (QED) is 0.538. The Labute approximate surface area is 144 Å². The highest BCUT2D eigenvalue weighted by Crippen LogP contribution is 2.23. The van der Waals surface area contributed by atoms with Gasteiger partial charge in [-0.25, -0.2) is 0 Å². The summed E-state index contributed by atoms with van der Waals surface area (Å²) in [5, 5.41) is 2.85. The fourth-order valence-corrected chi connectivity index (χ4v) is 2.84. The second kappa shape index (κ2) is 6.64. The summed E-state index contributed by atoms with van der Waals surface area (Å²) in [5.41, 5.74) is 7.52. The first-order valence-electron chi connectivity index (χ1n) is 5.64. The van der Waals surface area contributed by atoms with Crippen LogP contribution in [0.5, 0.6) is 0 Å². The monoisotopic (exact) mass is 460 g/mol. The Morgan fingerprint density at radius 3 is 2.55 bits per heavy atom. The summed E-state index contributed by atoms with van der Waals surface area (Å²) < 4.78 is 1.73. The molecule has 0 fully saturated rings. The summed E-state index contributed by atoms with van der Waals surface area (Å²) in [7, 11) is 0. The minimum Gasteiger partial charge on any atom is -0.389 e. The highest BCUT2D eigenvalue weighted by Gasteiger charge is 2.13. The van der Waals surface area contributed by atoms with Crippen molar-refractivity contribution in [2.24, 2.45) is 5.73 Å². The molecule has 0 aromatic heterocycles. The molecule has 0 saturated carbocycles. The standard InChI is InChI=1S/C14H10BrIN2OS/c15-8-5-6-10(13(17)20)12(7-8)18-14(19)9-3-1-2-4-11(9)16/h1-7H,(H2,17,20)(H,18,19). The Balaban J connectivity index is 2.35. The van der Waals surface area contributed by atoms with Crippen molar-refractivity contribution in [3.63, 3.8) is 0 Å². The van der Waals surface area contributed by atoms with Crippen LogP contribution in [0, 0.1) is 3.57 Å². The van der Waals surface area contributed by atoms with Crippen LogP contribution in [-0.4, -0.2) is 10.9 Å². The summed E-state index contributed by atoms with van der Waals surface area (Å²) >= 11 is 10.5. The lowest BCUT2D eigenvalue weighted by atomic mass is 10.1. The molecule has 1 amide bonds. The van der Waals surface area contributed by atoms with Gasteiger partial charge >= 0.3 is 0 Å². The number of rotatable bonds is 3. The van der Waals surface area contributed by atoms with Crippen LogP contribution < -0.4 is 11.1 Å². The van der Waals surface area contributed by atoms with Crippen molar-refractivity contribution >= 4 is 67.3 Å². The molecule has 3 N–H and O–H groups in total. The molecule has 102 valence electrons. The minimum atomic E-state index is -0.189. The largest absolute Gasteiger partial charge is 0.389 e. The SMILES string of the molecule is NC(=S)c1ccc(Br)cc1NC(=O)c1ccccc1I. The van der Waals surface area contributed by atoms with Crippen molar-refractivity contribution in [3.05, 3.63) is 61.6 Å². The van der Waals surface area contributed by atoms with Gasteiger partial charge < -0.3 is 11.1 Å². The zero-order valence-electron chi connectivity index (χ0n) is 10.2. The minimum absolute atomic E-state index is 0.189. The first-order chi connectivity index (χ1) is 9.49. The molecule has 2 aromatic rings. The third-order valence-corrected chi connectivity index (χ3v) is 4.27. The number of nitrogens with one attached hydrogen (secondary N) is 1. The summed E-state index contributed by atoms with van der Waals surface area (Å²) in [6.07, 6.45) is 0. The van der Waals surface area contributed by atoms with Crippen LogP contribution in [0.3, 0.4) is 0 Å². The first kappa shape index (κ1) is 15.4. The van der Waals surface area contributed by atoms with E-state index in [1.165, 1.54) is 0 Å². The molecular formula is C14H10BrIN2OS. The Bertz CT molecular complexity index is 691. The molecule has 2 aromatic carbocycles. The van der Waals surface area contributed by atoms with Gasteiger partial charge in [-0.1, -0.05) is 40.3 Å². The normalized spacial score (nSPS) is 10.1. The summed E-state index contributed by atoms with van der Waals surface area (Å²) in [4.78, 5) is 12.6. The van der Waals surface area contributed by atoms with Gasteiger partial charge in [0.2, 0.25) is 0 Å². The van der Waals surface area contributed by atoms with Crippen molar-refractivity contribution in [2.75, 3.05) is 5.32 Å². The van der Waals surface area contributed by atoms with Crippen LogP contribution in [0.25, 0.3) is 0 Å². The molecular weight excluding hydrogens is 451 g/mol. The second-order valence-electron chi connectivity index (χ2n) is 3.99. The Morgan fingerprint density at radius 2 is 1.90 bits per heavy atom. The molecule has 3 nitrogen and oxygen atoms in total. The Morgan fingerprint density at radius 1 is 1.20 bits per heavy atom.